The third-order valence-corrected chi connectivity index (χ3v) is 4.70. The minimum atomic E-state index is -0.284. The Hall–Kier alpha value is -3.73. The Balaban J connectivity index is 1.82. The summed E-state index contributed by atoms with van der Waals surface area (Å²) in [5.41, 5.74) is 4.21. The fraction of sp³-hybridized carbons (Fsp3) is 0.0833. The largest absolute Gasteiger partial charge is 0.295 e. The van der Waals surface area contributed by atoms with Crippen LogP contribution in [0.4, 0.5) is 4.39 Å². The summed E-state index contributed by atoms with van der Waals surface area (Å²) in [4.78, 5) is 18.0. The molecule has 1 N–H and O–H groups in total. The maximum Gasteiger partial charge on any atom is 0.280 e. The fourth-order valence-electron chi connectivity index (χ4n) is 3.26. The van der Waals surface area contributed by atoms with Crippen molar-refractivity contribution in [3.05, 3.63) is 123 Å². The van der Waals surface area contributed by atoms with Crippen molar-refractivity contribution in [1.29, 1.82) is 0 Å². The molecule has 0 atom stereocenters. The van der Waals surface area contributed by atoms with Gasteiger partial charge in [0.2, 0.25) is 0 Å². The minimum Gasteiger partial charge on any atom is -0.295 e. The van der Waals surface area contributed by atoms with E-state index in [0.29, 0.717) is 17.8 Å². The summed E-state index contributed by atoms with van der Waals surface area (Å²) in [5.74, 6) is -0.284. The number of para-hydroxylation sites is 1. The minimum absolute atomic E-state index is 0.157. The molecule has 0 saturated heterocycles. The molecule has 0 aliphatic rings. The van der Waals surface area contributed by atoms with E-state index in [4.69, 9.17) is 4.99 Å². The topological polar surface area (TPSA) is 50.1 Å². The summed E-state index contributed by atoms with van der Waals surface area (Å²) < 4.78 is 14.7. The number of nitrogens with one attached hydrogen (secondary N) is 1. The van der Waals surface area contributed by atoms with E-state index < -0.39 is 0 Å². The monoisotopic (exact) mass is 385 g/mol. The SMILES string of the molecule is Cc1[nH]n(-c2ccccc2)c(=O)c1C(=NCc1ccc(F)cc1)c1ccccc1. The number of hydrogen-bond donors (Lipinski definition) is 1. The molecular weight excluding hydrogens is 365 g/mol. The molecule has 0 aliphatic carbocycles. The third-order valence-electron chi connectivity index (χ3n) is 4.70. The molecule has 1 heterocycles. The van der Waals surface area contributed by atoms with Crippen molar-refractivity contribution in [3.8, 4) is 5.69 Å². The second-order valence-corrected chi connectivity index (χ2v) is 6.75. The second-order valence-electron chi connectivity index (χ2n) is 6.75. The van der Waals surface area contributed by atoms with E-state index in [1.165, 1.54) is 16.8 Å². The van der Waals surface area contributed by atoms with Gasteiger partial charge in [0.15, 0.2) is 0 Å². The standard InChI is InChI=1S/C24H20FN3O/c1-17-22(24(29)28(27-17)21-10-6-3-7-11-21)23(19-8-4-2-5-9-19)26-16-18-12-14-20(25)15-13-18/h2-15,27H,16H2,1H3. The molecule has 0 spiro atoms. The van der Waals surface area contributed by atoms with Gasteiger partial charge in [0.05, 0.1) is 23.5 Å². The molecule has 0 fully saturated rings. The molecule has 0 amide bonds. The number of H-pyrrole nitrogens is 1. The first-order valence-electron chi connectivity index (χ1n) is 9.35. The predicted octanol–water partition coefficient (Wildman–Crippen LogP) is 4.65. The van der Waals surface area contributed by atoms with E-state index in [0.717, 1.165) is 22.5 Å². The molecule has 1 aromatic heterocycles. The lowest BCUT2D eigenvalue weighted by molar-refractivity contribution is 0.627. The van der Waals surface area contributed by atoms with Crippen LogP contribution in [0.15, 0.2) is 94.7 Å². The summed E-state index contributed by atoms with van der Waals surface area (Å²) in [6, 6.07) is 25.3. The number of halogens is 1. The van der Waals surface area contributed by atoms with Crippen LogP contribution in [0.25, 0.3) is 5.69 Å². The van der Waals surface area contributed by atoms with E-state index in [-0.39, 0.29) is 11.4 Å². The van der Waals surface area contributed by atoms with Crippen molar-refractivity contribution in [2.75, 3.05) is 0 Å². The summed E-state index contributed by atoms with van der Waals surface area (Å²) >= 11 is 0. The number of nitrogens with zero attached hydrogens (tertiary/aromatic N) is 2. The molecule has 144 valence electrons. The normalized spacial score (nSPS) is 11.6. The first-order valence-corrected chi connectivity index (χ1v) is 9.35. The first kappa shape index (κ1) is 18.6. The molecule has 0 aliphatic heterocycles. The second kappa shape index (κ2) is 8.10. The van der Waals surface area contributed by atoms with E-state index in [1.54, 1.807) is 12.1 Å². The van der Waals surface area contributed by atoms with Gasteiger partial charge in [-0.3, -0.25) is 14.9 Å². The van der Waals surface area contributed by atoms with Gasteiger partial charge in [-0.25, -0.2) is 9.07 Å². The number of rotatable bonds is 5. The molecule has 0 saturated carbocycles. The number of aromatic nitrogens is 2. The molecular formula is C24H20FN3O. The van der Waals surface area contributed by atoms with E-state index >= 15 is 0 Å². The van der Waals surface area contributed by atoms with E-state index in [2.05, 4.69) is 5.10 Å². The molecule has 0 bridgehead atoms. The number of aryl methyl sites for hydroxylation is 1. The average Bonchev–Trinajstić information content (AvgIpc) is 3.05. The highest BCUT2D eigenvalue weighted by Crippen LogP contribution is 2.15. The van der Waals surface area contributed by atoms with Gasteiger partial charge < -0.3 is 0 Å². The molecule has 4 aromatic rings. The zero-order valence-corrected chi connectivity index (χ0v) is 16.0. The molecule has 29 heavy (non-hydrogen) atoms. The summed E-state index contributed by atoms with van der Waals surface area (Å²) in [6.45, 7) is 2.21. The highest BCUT2D eigenvalue weighted by atomic mass is 19.1. The van der Waals surface area contributed by atoms with Crippen molar-refractivity contribution in [1.82, 2.24) is 9.78 Å². The van der Waals surface area contributed by atoms with Crippen LogP contribution in [0.1, 0.15) is 22.4 Å². The summed E-state index contributed by atoms with van der Waals surface area (Å²) in [7, 11) is 0. The van der Waals surface area contributed by atoms with Gasteiger partial charge in [-0.15, -0.1) is 0 Å². The van der Waals surface area contributed by atoms with Gasteiger partial charge in [0.25, 0.3) is 5.56 Å². The van der Waals surface area contributed by atoms with E-state index in [9.17, 15) is 9.18 Å². The Morgan fingerprint density at radius 1 is 0.931 bits per heavy atom. The number of aromatic amines is 1. The van der Waals surface area contributed by atoms with Crippen molar-refractivity contribution in [2.24, 2.45) is 4.99 Å². The first-order chi connectivity index (χ1) is 14.1. The molecule has 0 unspecified atom stereocenters. The lowest BCUT2D eigenvalue weighted by atomic mass is 10.0. The van der Waals surface area contributed by atoms with Crippen LogP contribution in [0.3, 0.4) is 0 Å². The molecule has 5 heteroatoms. The van der Waals surface area contributed by atoms with Crippen LogP contribution >= 0.6 is 0 Å². The average molecular weight is 385 g/mol. The quantitative estimate of drug-likeness (QED) is 0.500. The zero-order valence-electron chi connectivity index (χ0n) is 16.0. The number of benzene rings is 3. The molecule has 3 aromatic carbocycles. The smallest absolute Gasteiger partial charge is 0.280 e. The van der Waals surface area contributed by atoms with Crippen LogP contribution in [0.2, 0.25) is 0 Å². The Morgan fingerprint density at radius 2 is 1.55 bits per heavy atom. The van der Waals surface area contributed by atoms with Crippen LogP contribution in [0.5, 0.6) is 0 Å². The van der Waals surface area contributed by atoms with Crippen molar-refractivity contribution in [3.63, 3.8) is 0 Å². The third kappa shape index (κ3) is 3.94. The lowest BCUT2D eigenvalue weighted by Crippen LogP contribution is -2.21. The number of hydrogen-bond acceptors (Lipinski definition) is 2. The fourth-order valence-corrected chi connectivity index (χ4v) is 3.26. The molecule has 4 nitrogen and oxygen atoms in total. The van der Waals surface area contributed by atoms with Gasteiger partial charge in [-0.2, -0.15) is 0 Å². The van der Waals surface area contributed by atoms with Gasteiger partial charge in [-0.05, 0) is 36.8 Å². The highest BCUT2D eigenvalue weighted by molar-refractivity contribution is 6.13. The van der Waals surface area contributed by atoms with Gasteiger partial charge in [-0.1, -0.05) is 60.7 Å². The Labute approximate surface area is 168 Å². The van der Waals surface area contributed by atoms with Crippen LogP contribution in [0, 0.1) is 12.7 Å². The Kier molecular flexibility index (Phi) is 5.20. The maximum absolute atomic E-state index is 13.3. The van der Waals surface area contributed by atoms with Crippen LogP contribution < -0.4 is 5.56 Å². The van der Waals surface area contributed by atoms with Crippen molar-refractivity contribution >= 4 is 5.71 Å². The summed E-state index contributed by atoms with van der Waals surface area (Å²) in [5, 5.41) is 3.16. The van der Waals surface area contributed by atoms with E-state index in [1.807, 2.05) is 67.6 Å². The zero-order chi connectivity index (χ0) is 20.2. The molecule has 0 radical (unpaired) electrons. The summed E-state index contributed by atoms with van der Waals surface area (Å²) in [6.07, 6.45) is 0. The van der Waals surface area contributed by atoms with Crippen molar-refractivity contribution < 1.29 is 4.39 Å². The highest BCUT2D eigenvalue weighted by Gasteiger charge is 2.19. The number of aliphatic imine (C=N–C) groups is 1. The van der Waals surface area contributed by atoms with Crippen LogP contribution in [-0.4, -0.2) is 15.5 Å². The Morgan fingerprint density at radius 3 is 2.21 bits per heavy atom. The van der Waals surface area contributed by atoms with Crippen molar-refractivity contribution in [2.45, 2.75) is 13.5 Å². The lowest BCUT2D eigenvalue weighted by Gasteiger charge is -2.06. The van der Waals surface area contributed by atoms with Crippen LogP contribution in [-0.2, 0) is 6.54 Å². The maximum atomic E-state index is 13.3. The van der Waals surface area contributed by atoms with Gasteiger partial charge >= 0.3 is 0 Å². The van der Waals surface area contributed by atoms with Gasteiger partial charge in [0, 0.05) is 11.3 Å². The predicted molar refractivity (Wildman–Crippen MR) is 113 cm³/mol. The Bertz CT molecular complexity index is 1190. The molecule has 4 rings (SSSR count). The van der Waals surface area contributed by atoms with Gasteiger partial charge in [0.1, 0.15) is 5.82 Å².